The number of halogens is 4. The lowest BCUT2D eigenvalue weighted by Crippen LogP contribution is -2.05. The number of nitrogen functional groups attached to an aromatic ring is 1. The van der Waals surface area contributed by atoms with E-state index in [0.29, 0.717) is 0 Å². The van der Waals surface area contributed by atoms with E-state index in [-0.39, 0.29) is 0 Å². The second-order valence-electron chi connectivity index (χ2n) is 2.57. The molecular weight excluding hydrogens is 237 g/mol. The zero-order valence-corrected chi connectivity index (χ0v) is 7.82. The fourth-order valence-corrected chi connectivity index (χ4v) is 1.29. The molecule has 8 heteroatoms. The third-order valence-corrected chi connectivity index (χ3v) is 2.14. The largest absolute Gasteiger partial charge is 0.394 e. The van der Waals surface area contributed by atoms with Crippen LogP contribution in [0.3, 0.4) is 0 Å². The summed E-state index contributed by atoms with van der Waals surface area (Å²) in [4.78, 5) is 9.17. The van der Waals surface area contributed by atoms with E-state index in [1.54, 1.807) is 0 Å². The molecule has 0 heterocycles. The standard InChI is InChI=1S/C7H4ClF3N2O2/c8-3-2(1-9)4(10)6(12)5(11)7(3)13(14)15/h1,12H2. The summed E-state index contributed by atoms with van der Waals surface area (Å²) in [6.07, 6.45) is 0. The van der Waals surface area contributed by atoms with Crippen LogP contribution >= 0.6 is 11.6 Å². The fourth-order valence-electron chi connectivity index (χ4n) is 1.000. The van der Waals surface area contributed by atoms with Crippen molar-refractivity contribution in [1.82, 2.24) is 0 Å². The van der Waals surface area contributed by atoms with E-state index in [1.165, 1.54) is 0 Å². The quantitative estimate of drug-likeness (QED) is 0.491. The van der Waals surface area contributed by atoms with Crippen LogP contribution in [-0.4, -0.2) is 4.92 Å². The molecule has 0 saturated carbocycles. The highest BCUT2D eigenvalue weighted by Gasteiger charge is 2.29. The van der Waals surface area contributed by atoms with Gasteiger partial charge in [-0.25, -0.2) is 8.78 Å². The molecule has 0 amide bonds. The van der Waals surface area contributed by atoms with Crippen molar-refractivity contribution in [1.29, 1.82) is 0 Å². The highest BCUT2D eigenvalue weighted by Crippen LogP contribution is 2.37. The average molecular weight is 241 g/mol. The summed E-state index contributed by atoms with van der Waals surface area (Å²) < 4.78 is 38.4. The second-order valence-corrected chi connectivity index (χ2v) is 2.95. The summed E-state index contributed by atoms with van der Waals surface area (Å²) in [6, 6.07) is 0. The van der Waals surface area contributed by atoms with Crippen molar-refractivity contribution >= 4 is 23.0 Å². The van der Waals surface area contributed by atoms with Gasteiger partial charge in [-0.05, 0) is 0 Å². The molecule has 0 radical (unpaired) electrons. The Morgan fingerprint density at radius 1 is 1.40 bits per heavy atom. The summed E-state index contributed by atoms with van der Waals surface area (Å²) in [7, 11) is 0. The van der Waals surface area contributed by atoms with Gasteiger partial charge in [0.2, 0.25) is 5.82 Å². The SMILES string of the molecule is Nc1c(F)c(CF)c(Cl)c([N+](=O)[O-])c1F. The van der Waals surface area contributed by atoms with Crippen LogP contribution in [0, 0.1) is 21.7 Å². The van der Waals surface area contributed by atoms with Crippen molar-refractivity contribution in [3.8, 4) is 0 Å². The van der Waals surface area contributed by atoms with E-state index in [9.17, 15) is 23.3 Å². The van der Waals surface area contributed by atoms with Crippen LogP contribution in [0.5, 0.6) is 0 Å². The van der Waals surface area contributed by atoms with Crippen LogP contribution in [0.2, 0.25) is 5.02 Å². The summed E-state index contributed by atoms with van der Waals surface area (Å²) in [5, 5.41) is 9.44. The van der Waals surface area contributed by atoms with Crippen LogP contribution in [0.15, 0.2) is 0 Å². The molecule has 82 valence electrons. The molecule has 0 atom stereocenters. The number of nitro benzene ring substituents is 1. The highest BCUT2D eigenvalue weighted by molar-refractivity contribution is 6.33. The number of rotatable bonds is 2. The molecule has 0 saturated heterocycles. The first kappa shape index (κ1) is 11.6. The number of nitrogens with zero attached hydrogens (tertiary/aromatic N) is 1. The molecule has 1 aromatic carbocycles. The van der Waals surface area contributed by atoms with Gasteiger partial charge in [0.1, 0.15) is 17.4 Å². The molecule has 0 spiro atoms. The van der Waals surface area contributed by atoms with Gasteiger partial charge in [-0.1, -0.05) is 11.6 Å². The maximum atomic E-state index is 13.1. The minimum Gasteiger partial charge on any atom is -0.394 e. The topological polar surface area (TPSA) is 69.2 Å². The van der Waals surface area contributed by atoms with E-state index in [0.717, 1.165) is 0 Å². The van der Waals surface area contributed by atoms with E-state index in [4.69, 9.17) is 17.3 Å². The van der Waals surface area contributed by atoms with Crippen LogP contribution in [0.1, 0.15) is 5.56 Å². The van der Waals surface area contributed by atoms with Gasteiger partial charge < -0.3 is 5.73 Å². The lowest BCUT2D eigenvalue weighted by atomic mass is 10.1. The first-order valence-electron chi connectivity index (χ1n) is 3.57. The van der Waals surface area contributed by atoms with Gasteiger partial charge in [0.05, 0.1) is 4.92 Å². The minimum absolute atomic E-state index is 0.817. The summed E-state index contributed by atoms with van der Waals surface area (Å²) in [5.41, 5.74) is 1.74. The van der Waals surface area contributed by atoms with Crippen molar-refractivity contribution in [3.05, 3.63) is 32.3 Å². The number of hydrogen-bond donors (Lipinski definition) is 1. The predicted octanol–water partition coefficient (Wildman–Crippen LogP) is 2.58. The maximum absolute atomic E-state index is 13.1. The molecule has 0 bridgehead atoms. The molecule has 0 aliphatic rings. The van der Waals surface area contributed by atoms with Gasteiger partial charge in [0.15, 0.2) is 5.82 Å². The highest BCUT2D eigenvalue weighted by atomic mass is 35.5. The Labute approximate surface area is 86.6 Å². The zero-order valence-electron chi connectivity index (χ0n) is 7.06. The number of nitrogens with two attached hydrogens (primary N) is 1. The molecule has 0 fully saturated rings. The van der Waals surface area contributed by atoms with Crippen molar-refractivity contribution < 1.29 is 18.1 Å². The minimum atomic E-state index is -1.60. The summed E-state index contributed by atoms with van der Waals surface area (Å²) in [5.74, 6) is -3.01. The predicted molar refractivity (Wildman–Crippen MR) is 47.2 cm³/mol. The normalized spacial score (nSPS) is 10.4. The van der Waals surface area contributed by atoms with Gasteiger partial charge >= 0.3 is 5.69 Å². The van der Waals surface area contributed by atoms with Crippen LogP contribution in [-0.2, 0) is 6.67 Å². The first-order valence-corrected chi connectivity index (χ1v) is 3.94. The summed E-state index contributed by atoms with van der Waals surface area (Å²) >= 11 is 5.27. The molecule has 0 aliphatic heterocycles. The number of alkyl halides is 1. The Morgan fingerprint density at radius 3 is 2.33 bits per heavy atom. The lowest BCUT2D eigenvalue weighted by molar-refractivity contribution is -0.387. The Balaban J connectivity index is 3.68. The Bertz CT molecular complexity index is 439. The van der Waals surface area contributed by atoms with Gasteiger partial charge in [0.25, 0.3) is 0 Å². The van der Waals surface area contributed by atoms with E-state index in [1.807, 2.05) is 0 Å². The van der Waals surface area contributed by atoms with Crippen molar-refractivity contribution in [2.75, 3.05) is 5.73 Å². The fraction of sp³-hybridized carbons (Fsp3) is 0.143. The Kier molecular flexibility index (Phi) is 3.04. The molecule has 0 unspecified atom stereocenters. The van der Waals surface area contributed by atoms with E-state index >= 15 is 0 Å². The number of hydrogen-bond acceptors (Lipinski definition) is 3. The molecule has 0 aliphatic carbocycles. The number of anilines is 1. The van der Waals surface area contributed by atoms with Gasteiger partial charge in [-0.2, -0.15) is 4.39 Å². The Morgan fingerprint density at radius 2 is 1.93 bits per heavy atom. The van der Waals surface area contributed by atoms with Crippen LogP contribution in [0.25, 0.3) is 0 Å². The third kappa shape index (κ3) is 1.70. The van der Waals surface area contributed by atoms with Gasteiger partial charge in [-0.15, -0.1) is 0 Å². The van der Waals surface area contributed by atoms with Crippen molar-refractivity contribution in [2.24, 2.45) is 0 Å². The molecular formula is C7H4ClF3N2O2. The van der Waals surface area contributed by atoms with Crippen molar-refractivity contribution in [2.45, 2.75) is 6.67 Å². The monoisotopic (exact) mass is 240 g/mol. The number of nitro groups is 1. The van der Waals surface area contributed by atoms with Crippen LogP contribution < -0.4 is 5.73 Å². The molecule has 1 rings (SSSR count). The smallest absolute Gasteiger partial charge is 0.325 e. The average Bonchev–Trinajstić information content (AvgIpc) is 2.15. The van der Waals surface area contributed by atoms with E-state index < -0.39 is 45.2 Å². The second kappa shape index (κ2) is 3.93. The molecule has 1 aromatic rings. The maximum Gasteiger partial charge on any atom is 0.325 e. The van der Waals surface area contributed by atoms with Crippen molar-refractivity contribution in [3.63, 3.8) is 0 Å². The molecule has 4 nitrogen and oxygen atoms in total. The molecule has 2 N–H and O–H groups in total. The first-order chi connectivity index (χ1) is 6.91. The Hall–Kier alpha value is -1.50. The van der Waals surface area contributed by atoms with Gasteiger partial charge in [-0.3, -0.25) is 10.1 Å². The molecule has 0 aromatic heterocycles. The summed E-state index contributed by atoms with van der Waals surface area (Å²) in [6.45, 7) is -1.41. The number of benzene rings is 1. The van der Waals surface area contributed by atoms with Crippen LogP contribution in [0.4, 0.5) is 24.5 Å². The zero-order chi connectivity index (χ0) is 11.7. The lowest BCUT2D eigenvalue weighted by Gasteiger charge is -2.06. The molecule has 15 heavy (non-hydrogen) atoms. The third-order valence-electron chi connectivity index (χ3n) is 1.73. The van der Waals surface area contributed by atoms with E-state index in [2.05, 4.69) is 0 Å². The van der Waals surface area contributed by atoms with Gasteiger partial charge in [0, 0.05) is 5.56 Å².